The molecule has 0 radical (unpaired) electrons. The van der Waals surface area contributed by atoms with Gasteiger partial charge in [-0.3, -0.25) is 9.59 Å². The molecule has 2 fully saturated rings. The Hall–Kier alpha value is -2.10. The van der Waals surface area contributed by atoms with Crippen LogP contribution >= 0.6 is 0 Å². The molecule has 10 heteroatoms. The number of fused-ring (bicyclic) bond motifs is 1. The van der Waals surface area contributed by atoms with Crippen molar-refractivity contribution in [1.29, 1.82) is 0 Å². The first-order valence-electron chi connectivity index (χ1n) is 7.43. The highest BCUT2D eigenvalue weighted by Crippen LogP contribution is 2.41. The molecule has 0 aliphatic carbocycles. The molecule has 132 valence electrons. The molecule has 3 heterocycles. The minimum absolute atomic E-state index is 0.0271. The molecule has 0 spiro atoms. The van der Waals surface area contributed by atoms with E-state index in [2.05, 4.69) is 4.98 Å². The fraction of sp³-hybridized carbons (Fsp3) is 0.643. The first kappa shape index (κ1) is 16.7. The zero-order valence-electron chi connectivity index (χ0n) is 12.6. The Kier molecular flexibility index (Phi) is 4.02. The Bertz CT molecular complexity index is 660. The van der Waals surface area contributed by atoms with Gasteiger partial charge in [-0.15, -0.1) is 0 Å². The summed E-state index contributed by atoms with van der Waals surface area (Å²) in [6.07, 6.45) is -1.55. The smallest absolute Gasteiger partial charge is 0.406 e. The summed E-state index contributed by atoms with van der Waals surface area (Å²) in [5, 5.41) is 9.54. The zero-order valence-corrected chi connectivity index (χ0v) is 12.6. The van der Waals surface area contributed by atoms with Crippen molar-refractivity contribution in [2.24, 2.45) is 5.41 Å². The van der Waals surface area contributed by atoms with E-state index in [1.54, 1.807) is 0 Å². The van der Waals surface area contributed by atoms with E-state index in [0.717, 1.165) is 17.1 Å². The molecule has 0 aromatic carbocycles. The molecule has 24 heavy (non-hydrogen) atoms. The van der Waals surface area contributed by atoms with Crippen molar-refractivity contribution >= 4 is 11.9 Å². The highest BCUT2D eigenvalue weighted by molar-refractivity contribution is 5.93. The molecule has 3 rings (SSSR count). The second kappa shape index (κ2) is 5.76. The normalized spacial score (nSPS) is 27.1. The average molecular weight is 347 g/mol. The van der Waals surface area contributed by atoms with E-state index in [-0.39, 0.29) is 18.9 Å². The number of amides is 1. The zero-order chi connectivity index (χ0) is 17.5. The third-order valence-electron chi connectivity index (χ3n) is 4.57. The number of carbonyl (C=O) groups is 2. The van der Waals surface area contributed by atoms with Gasteiger partial charge in [0.05, 0.1) is 25.6 Å². The van der Waals surface area contributed by atoms with Crippen LogP contribution in [0.3, 0.4) is 0 Å². The van der Waals surface area contributed by atoms with Crippen molar-refractivity contribution in [3.8, 4) is 0 Å². The van der Waals surface area contributed by atoms with Gasteiger partial charge in [-0.25, -0.2) is 4.98 Å². The number of ether oxygens (including phenoxy) is 1. The lowest BCUT2D eigenvalue weighted by atomic mass is 9.75. The van der Waals surface area contributed by atoms with Crippen LogP contribution in [-0.2, 0) is 16.1 Å². The van der Waals surface area contributed by atoms with Gasteiger partial charge in [0.1, 0.15) is 17.7 Å². The van der Waals surface area contributed by atoms with Crippen LogP contribution in [0.15, 0.2) is 12.5 Å². The van der Waals surface area contributed by atoms with Gasteiger partial charge in [-0.1, -0.05) is 0 Å². The first-order chi connectivity index (χ1) is 11.2. The van der Waals surface area contributed by atoms with E-state index in [1.807, 2.05) is 0 Å². The summed E-state index contributed by atoms with van der Waals surface area (Å²) in [4.78, 5) is 29.4. The number of imidazole rings is 1. The van der Waals surface area contributed by atoms with Crippen LogP contribution in [0, 0.1) is 5.41 Å². The average Bonchev–Trinajstić information content (AvgIpc) is 3.11. The number of aliphatic carboxylic acids is 1. The van der Waals surface area contributed by atoms with Crippen LogP contribution in [0.2, 0.25) is 0 Å². The predicted molar refractivity (Wildman–Crippen MR) is 73.2 cm³/mol. The van der Waals surface area contributed by atoms with E-state index >= 15 is 0 Å². The second-order valence-electron chi connectivity index (χ2n) is 6.14. The number of aromatic nitrogens is 2. The standard InChI is InChI=1S/C14H16F3N3O4/c15-14(16,17)6-19-4-9(18-8-19)11(21)20-3-1-2-13(12(22)23)7-24-5-10(13)20/h4,8,10H,1-3,5-7H2,(H,22,23)/t10-,13+/m0/s1. The number of nitrogens with zero attached hydrogens (tertiary/aromatic N) is 3. The number of hydrogen-bond acceptors (Lipinski definition) is 4. The Labute approximate surface area is 135 Å². The van der Waals surface area contributed by atoms with Crippen LogP contribution in [0.25, 0.3) is 0 Å². The molecule has 2 aliphatic rings. The lowest BCUT2D eigenvalue weighted by Crippen LogP contribution is -2.57. The van der Waals surface area contributed by atoms with E-state index in [9.17, 15) is 27.9 Å². The number of carboxylic acid groups (broad SMARTS) is 1. The van der Waals surface area contributed by atoms with Gasteiger partial charge in [-0.05, 0) is 12.8 Å². The number of halogens is 3. The van der Waals surface area contributed by atoms with Gasteiger partial charge in [-0.2, -0.15) is 13.2 Å². The van der Waals surface area contributed by atoms with E-state index < -0.39 is 36.1 Å². The van der Waals surface area contributed by atoms with Gasteiger partial charge in [0.15, 0.2) is 0 Å². The molecular formula is C14H16F3N3O4. The molecule has 1 aromatic heterocycles. The summed E-state index contributed by atoms with van der Waals surface area (Å²) in [6.45, 7) is -0.784. The van der Waals surface area contributed by atoms with Gasteiger partial charge in [0.2, 0.25) is 0 Å². The van der Waals surface area contributed by atoms with E-state index in [1.165, 1.54) is 4.90 Å². The SMILES string of the molecule is O=C(c1cn(CC(F)(F)F)cn1)N1CCC[C@@]2(C(=O)O)COC[C@H]12. The summed E-state index contributed by atoms with van der Waals surface area (Å²) in [6, 6.07) is -0.635. The maximum absolute atomic E-state index is 12.6. The molecule has 2 saturated heterocycles. The van der Waals surface area contributed by atoms with E-state index in [4.69, 9.17) is 4.74 Å². The highest BCUT2D eigenvalue weighted by Gasteiger charge is 2.55. The van der Waals surface area contributed by atoms with E-state index in [0.29, 0.717) is 19.4 Å². The summed E-state index contributed by atoms with van der Waals surface area (Å²) < 4.78 is 43.3. The lowest BCUT2D eigenvalue weighted by molar-refractivity contribution is -0.153. The van der Waals surface area contributed by atoms with Crippen molar-refractivity contribution in [1.82, 2.24) is 14.5 Å². The van der Waals surface area contributed by atoms with Crippen LogP contribution in [0.5, 0.6) is 0 Å². The first-order valence-corrected chi connectivity index (χ1v) is 7.43. The molecule has 0 unspecified atom stereocenters. The van der Waals surface area contributed by atoms with Crippen molar-refractivity contribution < 1.29 is 32.6 Å². The van der Waals surface area contributed by atoms with Crippen molar-refractivity contribution in [2.75, 3.05) is 19.8 Å². The summed E-state index contributed by atoms with van der Waals surface area (Å²) in [7, 11) is 0. The molecule has 1 N–H and O–H groups in total. The Balaban J connectivity index is 1.81. The van der Waals surface area contributed by atoms with Crippen LogP contribution in [0.4, 0.5) is 13.2 Å². The number of piperidine rings is 1. The van der Waals surface area contributed by atoms with Crippen LogP contribution < -0.4 is 0 Å². The Morgan fingerprint density at radius 3 is 2.88 bits per heavy atom. The molecule has 1 aromatic rings. The maximum Gasteiger partial charge on any atom is 0.406 e. The third-order valence-corrected chi connectivity index (χ3v) is 4.57. The lowest BCUT2D eigenvalue weighted by Gasteiger charge is -2.41. The van der Waals surface area contributed by atoms with Gasteiger partial charge in [0.25, 0.3) is 5.91 Å². The predicted octanol–water partition coefficient (Wildman–Crippen LogP) is 1.15. The largest absolute Gasteiger partial charge is 0.481 e. The topological polar surface area (TPSA) is 84.7 Å². The van der Waals surface area contributed by atoms with Crippen molar-refractivity contribution in [2.45, 2.75) is 31.6 Å². The number of hydrogen-bond donors (Lipinski definition) is 1. The quantitative estimate of drug-likeness (QED) is 0.887. The summed E-state index contributed by atoms with van der Waals surface area (Å²) in [5.41, 5.74) is -1.28. The van der Waals surface area contributed by atoms with Crippen molar-refractivity contribution in [3.05, 3.63) is 18.2 Å². The number of rotatable bonds is 3. The van der Waals surface area contributed by atoms with Crippen molar-refractivity contribution in [3.63, 3.8) is 0 Å². The van der Waals surface area contributed by atoms with Gasteiger partial charge < -0.3 is 19.3 Å². The maximum atomic E-state index is 12.6. The minimum Gasteiger partial charge on any atom is -0.481 e. The number of likely N-dealkylation sites (tertiary alicyclic amines) is 1. The van der Waals surface area contributed by atoms with Crippen LogP contribution in [-0.4, -0.2) is 63.4 Å². The molecular weight excluding hydrogens is 331 g/mol. The number of carbonyl (C=O) groups excluding carboxylic acids is 1. The molecule has 2 aliphatic heterocycles. The highest BCUT2D eigenvalue weighted by atomic mass is 19.4. The van der Waals surface area contributed by atoms with Crippen LogP contribution in [0.1, 0.15) is 23.3 Å². The molecule has 0 bridgehead atoms. The Morgan fingerprint density at radius 2 is 2.21 bits per heavy atom. The summed E-state index contributed by atoms with van der Waals surface area (Å²) in [5.74, 6) is -1.60. The van der Waals surface area contributed by atoms with Gasteiger partial charge in [0, 0.05) is 12.7 Å². The third kappa shape index (κ3) is 2.85. The molecule has 0 saturated carbocycles. The molecule has 2 atom stereocenters. The fourth-order valence-electron chi connectivity index (χ4n) is 3.42. The monoisotopic (exact) mass is 347 g/mol. The molecule has 7 nitrogen and oxygen atoms in total. The summed E-state index contributed by atoms with van der Waals surface area (Å²) >= 11 is 0. The van der Waals surface area contributed by atoms with Gasteiger partial charge >= 0.3 is 12.1 Å². The number of carboxylic acids is 1. The molecule has 1 amide bonds. The number of alkyl halides is 3. The fourth-order valence-corrected chi connectivity index (χ4v) is 3.42. The second-order valence-corrected chi connectivity index (χ2v) is 6.14. The minimum atomic E-state index is -4.41. The Morgan fingerprint density at radius 1 is 1.46 bits per heavy atom.